The molecule has 2 atom stereocenters. The number of benzene rings is 3. The quantitative estimate of drug-likeness (QED) is 0.392. The summed E-state index contributed by atoms with van der Waals surface area (Å²) < 4.78 is 6.58. The van der Waals surface area contributed by atoms with Crippen LogP contribution in [0.5, 0.6) is 5.75 Å². The van der Waals surface area contributed by atoms with E-state index in [0.29, 0.717) is 6.42 Å². The fraction of sp³-hybridized carbons (Fsp3) is 0.296. The fourth-order valence-electron chi connectivity index (χ4n) is 4.98. The number of carboxylic acids is 1. The predicted octanol–water partition coefficient (Wildman–Crippen LogP) is 6.43. The molecule has 0 saturated heterocycles. The van der Waals surface area contributed by atoms with Crippen molar-refractivity contribution in [2.75, 3.05) is 12.0 Å². The highest BCUT2D eigenvalue weighted by Crippen LogP contribution is 2.52. The van der Waals surface area contributed by atoms with Gasteiger partial charge >= 0.3 is 5.97 Å². The van der Waals surface area contributed by atoms with E-state index >= 15 is 0 Å². The second-order valence-electron chi connectivity index (χ2n) is 8.64. The van der Waals surface area contributed by atoms with Gasteiger partial charge in [-0.1, -0.05) is 58.4 Å². The molecule has 1 heterocycles. The normalized spacial score (nSPS) is 19.6. The second-order valence-corrected chi connectivity index (χ2v) is 9.56. The minimum atomic E-state index is -0.761. The van der Waals surface area contributed by atoms with Gasteiger partial charge in [-0.2, -0.15) is 0 Å². The average Bonchev–Trinajstić information content (AvgIpc) is 3.00. The number of hydrogen-bond donors (Lipinski definition) is 1. The van der Waals surface area contributed by atoms with Gasteiger partial charge < -0.3 is 14.7 Å². The Hall–Kier alpha value is -2.79. The molecule has 0 spiro atoms. The molecule has 0 fully saturated rings. The van der Waals surface area contributed by atoms with Crippen molar-refractivity contribution in [3.05, 3.63) is 94.0 Å². The molecule has 1 aliphatic rings. The van der Waals surface area contributed by atoms with Crippen LogP contribution in [-0.4, -0.2) is 23.7 Å². The number of nitrogens with zero attached hydrogens (tertiary/aromatic N) is 1. The van der Waals surface area contributed by atoms with Gasteiger partial charge in [-0.05, 0) is 66.8 Å². The minimum absolute atomic E-state index is 0.0688. The first-order chi connectivity index (χ1) is 15.4. The summed E-state index contributed by atoms with van der Waals surface area (Å²) in [5.41, 5.74) is 4.51. The third kappa shape index (κ3) is 4.53. The van der Waals surface area contributed by atoms with Gasteiger partial charge in [0.25, 0.3) is 0 Å². The van der Waals surface area contributed by atoms with Gasteiger partial charge in [-0.15, -0.1) is 0 Å². The maximum atomic E-state index is 11.5. The lowest BCUT2D eigenvalue weighted by atomic mass is 9.76. The molecule has 0 saturated carbocycles. The summed E-state index contributed by atoms with van der Waals surface area (Å²) in [6, 6.07) is 25.1. The summed E-state index contributed by atoms with van der Waals surface area (Å²) in [5.74, 6) is 0.110. The molecule has 2 unspecified atom stereocenters. The average molecular weight is 494 g/mol. The Morgan fingerprint density at radius 3 is 2.44 bits per heavy atom. The molecule has 0 aromatic heterocycles. The van der Waals surface area contributed by atoms with Gasteiger partial charge in [0.1, 0.15) is 5.75 Å². The highest BCUT2D eigenvalue weighted by Gasteiger charge is 2.48. The molecule has 0 amide bonds. The molecule has 3 aromatic carbocycles. The molecular weight excluding hydrogens is 466 g/mol. The van der Waals surface area contributed by atoms with Crippen LogP contribution in [0, 0.1) is 0 Å². The zero-order chi connectivity index (χ0) is 22.7. The van der Waals surface area contributed by atoms with Crippen molar-refractivity contribution >= 4 is 27.6 Å². The van der Waals surface area contributed by atoms with Gasteiger partial charge in [0, 0.05) is 34.6 Å². The van der Waals surface area contributed by atoms with E-state index in [1.165, 1.54) is 16.7 Å². The Morgan fingerprint density at radius 2 is 1.78 bits per heavy atom. The third-order valence-electron chi connectivity index (χ3n) is 6.57. The van der Waals surface area contributed by atoms with E-state index in [1.807, 2.05) is 12.1 Å². The maximum Gasteiger partial charge on any atom is 0.303 e. The van der Waals surface area contributed by atoms with E-state index in [2.05, 4.69) is 88.4 Å². The van der Waals surface area contributed by atoms with E-state index in [1.54, 1.807) is 7.11 Å². The van der Waals surface area contributed by atoms with Crippen LogP contribution in [0.1, 0.15) is 42.4 Å². The molecule has 0 radical (unpaired) electrons. The first-order valence-corrected chi connectivity index (χ1v) is 11.7. The Kier molecular flexibility index (Phi) is 6.56. The first-order valence-electron chi connectivity index (χ1n) is 10.9. The Labute approximate surface area is 198 Å². The summed E-state index contributed by atoms with van der Waals surface area (Å²) >= 11 is 3.53. The number of methoxy groups -OCH3 is 1. The maximum absolute atomic E-state index is 11.5. The number of aliphatic carboxylic acids is 1. The van der Waals surface area contributed by atoms with Crippen molar-refractivity contribution in [3.63, 3.8) is 0 Å². The van der Waals surface area contributed by atoms with Gasteiger partial charge in [0.2, 0.25) is 0 Å². The minimum Gasteiger partial charge on any atom is -0.497 e. The van der Waals surface area contributed by atoms with Gasteiger partial charge in [0.05, 0.1) is 7.11 Å². The van der Waals surface area contributed by atoms with Crippen LogP contribution in [0.25, 0.3) is 0 Å². The van der Waals surface area contributed by atoms with Gasteiger partial charge in [-0.25, -0.2) is 0 Å². The van der Waals surface area contributed by atoms with Crippen molar-refractivity contribution in [3.8, 4) is 5.75 Å². The Bertz CT molecular complexity index is 1080. The van der Waals surface area contributed by atoms with E-state index in [9.17, 15) is 9.90 Å². The molecule has 32 heavy (non-hydrogen) atoms. The number of halogens is 1. The highest BCUT2D eigenvalue weighted by atomic mass is 79.9. The molecule has 4 rings (SSSR count). The summed E-state index contributed by atoms with van der Waals surface area (Å²) in [4.78, 5) is 14.0. The van der Waals surface area contributed by atoms with Crippen molar-refractivity contribution in [1.82, 2.24) is 0 Å². The standard InChI is InChI=1S/C27H28BrNO3/c1-27(17-19-6-4-3-5-7-19)24(13-15-26(30)31)23-16-22(32-2)12-14-25(23)29(27)18-20-8-10-21(28)11-9-20/h3-12,14,16,24H,13,15,17-18H2,1-2H3,(H,30,31). The Morgan fingerprint density at radius 1 is 1.06 bits per heavy atom. The molecule has 166 valence electrons. The summed E-state index contributed by atoms with van der Waals surface area (Å²) in [6.45, 7) is 3.03. The van der Waals surface area contributed by atoms with Gasteiger partial charge in [-0.3, -0.25) is 4.79 Å². The van der Waals surface area contributed by atoms with Crippen LogP contribution in [0.3, 0.4) is 0 Å². The fourth-order valence-corrected chi connectivity index (χ4v) is 5.25. The van der Waals surface area contributed by atoms with Gasteiger partial charge in [0.15, 0.2) is 0 Å². The van der Waals surface area contributed by atoms with Crippen LogP contribution in [0.15, 0.2) is 77.3 Å². The Balaban J connectivity index is 1.81. The molecule has 5 heteroatoms. The number of rotatable bonds is 8. The molecule has 3 aromatic rings. The van der Waals surface area contributed by atoms with Crippen LogP contribution >= 0.6 is 15.9 Å². The topological polar surface area (TPSA) is 49.8 Å². The van der Waals surface area contributed by atoms with Crippen LogP contribution in [0.4, 0.5) is 5.69 Å². The number of hydrogen-bond acceptors (Lipinski definition) is 3. The lowest BCUT2D eigenvalue weighted by molar-refractivity contribution is -0.137. The molecule has 4 nitrogen and oxygen atoms in total. The highest BCUT2D eigenvalue weighted by molar-refractivity contribution is 9.10. The zero-order valence-electron chi connectivity index (χ0n) is 18.4. The monoisotopic (exact) mass is 493 g/mol. The number of carbonyl (C=O) groups is 1. The SMILES string of the molecule is COc1ccc2c(c1)C(CCC(=O)O)C(C)(Cc1ccccc1)N2Cc1ccc(Br)cc1. The van der Waals surface area contributed by atoms with Crippen molar-refractivity contribution < 1.29 is 14.6 Å². The molecule has 0 aliphatic carbocycles. The van der Waals surface area contributed by atoms with E-state index < -0.39 is 5.97 Å². The lowest BCUT2D eigenvalue weighted by Gasteiger charge is -2.42. The molecule has 1 N–H and O–H groups in total. The molecule has 1 aliphatic heterocycles. The number of ether oxygens (including phenoxy) is 1. The number of fused-ring (bicyclic) bond motifs is 1. The molecular formula is C27H28BrNO3. The van der Waals surface area contributed by atoms with E-state index in [4.69, 9.17) is 4.74 Å². The van der Waals surface area contributed by atoms with Crippen LogP contribution in [-0.2, 0) is 17.8 Å². The number of anilines is 1. The van der Waals surface area contributed by atoms with E-state index in [0.717, 1.165) is 28.9 Å². The summed E-state index contributed by atoms with van der Waals surface area (Å²) in [5, 5.41) is 9.47. The second kappa shape index (κ2) is 9.37. The summed E-state index contributed by atoms with van der Waals surface area (Å²) in [6.07, 6.45) is 1.54. The summed E-state index contributed by atoms with van der Waals surface area (Å²) in [7, 11) is 1.67. The first kappa shape index (κ1) is 22.4. The van der Waals surface area contributed by atoms with Crippen molar-refractivity contribution in [2.45, 2.75) is 44.2 Å². The van der Waals surface area contributed by atoms with Crippen molar-refractivity contribution in [2.24, 2.45) is 0 Å². The lowest BCUT2D eigenvalue weighted by Crippen LogP contribution is -2.48. The molecule has 0 bridgehead atoms. The largest absolute Gasteiger partial charge is 0.497 e. The zero-order valence-corrected chi connectivity index (χ0v) is 20.0. The van der Waals surface area contributed by atoms with Crippen LogP contribution in [0.2, 0.25) is 0 Å². The third-order valence-corrected chi connectivity index (χ3v) is 7.10. The smallest absolute Gasteiger partial charge is 0.303 e. The van der Waals surface area contributed by atoms with Crippen molar-refractivity contribution in [1.29, 1.82) is 0 Å². The number of carboxylic acid groups (broad SMARTS) is 1. The predicted molar refractivity (Wildman–Crippen MR) is 131 cm³/mol. The van der Waals surface area contributed by atoms with Crippen LogP contribution < -0.4 is 9.64 Å². The van der Waals surface area contributed by atoms with E-state index in [-0.39, 0.29) is 17.9 Å².